The van der Waals surface area contributed by atoms with E-state index in [2.05, 4.69) is 37.5 Å². The lowest BCUT2D eigenvalue weighted by Crippen LogP contribution is -2.46. The van der Waals surface area contributed by atoms with Gasteiger partial charge in [-0.25, -0.2) is 0 Å². The molecule has 1 aliphatic heterocycles. The van der Waals surface area contributed by atoms with Gasteiger partial charge in [-0.05, 0) is 51.0 Å². The Morgan fingerprint density at radius 1 is 1.00 bits per heavy atom. The van der Waals surface area contributed by atoms with Gasteiger partial charge in [0.15, 0.2) is 0 Å². The van der Waals surface area contributed by atoms with Crippen molar-refractivity contribution in [1.29, 1.82) is 0 Å². The van der Waals surface area contributed by atoms with Crippen molar-refractivity contribution >= 4 is 0 Å². The summed E-state index contributed by atoms with van der Waals surface area (Å²) in [5.41, 5.74) is 3.90. The number of hydrogen-bond donors (Lipinski definition) is 0. The van der Waals surface area contributed by atoms with Crippen molar-refractivity contribution in [2.75, 3.05) is 39.3 Å². The lowest BCUT2D eigenvalue weighted by atomic mass is 9.71. The van der Waals surface area contributed by atoms with Crippen LogP contribution in [0.1, 0.15) is 59.8 Å². The monoisotopic (exact) mass is 278 g/mol. The first-order valence-corrected chi connectivity index (χ1v) is 8.67. The third-order valence-corrected chi connectivity index (χ3v) is 5.37. The van der Waals surface area contributed by atoms with Crippen LogP contribution >= 0.6 is 0 Å². The molecular weight excluding hydrogens is 244 g/mol. The number of nitrogens with zero attached hydrogens (tertiary/aromatic N) is 2. The van der Waals surface area contributed by atoms with Gasteiger partial charge in [0.25, 0.3) is 0 Å². The van der Waals surface area contributed by atoms with Gasteiger partial charge in [0.05, 0.1) is 0 Å². The topological polar surface area (TPSA) is 6.48 Å². The molecule has 0 aromatic heterocycles. The first kappa shape index (κ1) is 16.0. The summed E-state index contributed by atoms with van der Waals surface area (Å²) in [6.45, 7) is 17.2. The van der Waals surface area contributed by atoms with Gasteiger partial charge in [0.2, 0.25) is 0 Å². The first-order valence-electron chi connectivity index (χ1n) is 8.67. The first-order chi connectivity index (χ1) is 9.53. The minimum atomic E-state index is 0.451. The van der Waals surface area contributed by atoms with E-state index in [1.165, 1.54) is 71.4 Å². The zero-order valence-electron chi connectivity index (χ0n) is 14.2. The van der Waals surface area contributed by atoms with Crippen molar-refractivity contribution in [2.45, 2.75) is 59.8 Å². The second-order valence-corrected chi connectivity index (χ2v) is 7.43. The van der Waals surface area contributed by atoms with Crippen molar-refractivity contribution in [3.05, 3.63) is 11.1 Å². The molecule has 2 nitrogen and oxygen atoms in total. The summed E-state index contributed by atoms with van der Waals surface area (Å²) in [5.74, 6) is 0. The summed E-state index contributed by atoms with van der Waals surface area (Å²) in [5, 5.41) is 0. The molecule has 0 spiro atoms. The van der Waals surface area contributed by atoms with Crippen LogP contribution < -0.4 is 0 Å². The predicted octanol–water partition coefficient (Wildman–Crippen LogP) is 3.93. The molecule has 116 valence electrons. The Morgan fingerprint density at radius 3 is 2.15 bits per heavy atom. The van der Waals surface area contributed by atoms with E-state index in [-0.39, 0.29) is 0 Å². The quantitative estimate of drug-likeness (QED) is 0.703. The van der Waals surface area contributed by atoms with Crippen molar-refractivity contribution in [1.82, 2.24) is 9.80 Å². The Balaban J connectivity index is 1.81. The third kappa shape index (κ3) is 4.08. The Hall–Kier alpha value is -0.340. The number of hydrogen-bond acceptors (Lipinski definition) is 2. The highest BCUT2D eigenvalue weighted by atomic mass is 15.3. The van der Waals surface area contributed by atoms with E-state index in [1.807, 2.05) is 0 Å². The number of allylic oxidation sites excluding steroid dienone is 1. The molecule has 2 aliphatic rings. The molecule has 2 heteroatoms. The Kier molecular flexibility index (Phi) is 5.68. The van der Waals surface area contributed by atoms with Gasteiger partial charge in [-0.1, -0.05) is 31.9 Å². The van der Waals surface area contributed by atoms with Crippen molar-refractivity contribution in [2.24, 2.45) is 5.41 Å². The fourth-order valence-electron chi connectivity index (χ4n) is 4.05. The van der Waals surface area contributed by atoms with Crippen molar-refractivity contribution < 1.29 is 0 Å². The van der Waals surface area contributed by atoms with Crippen LogP contribution in [0.15, 0.2) is 11.1 Å². The van der Waals surface area contributed by atoms with Crippen LogP contribution in [-0.4, -0.2) is 49.1 Å². The highest BCUT2D eigenvalue weighted by molar-refractivity contribution is 5.22. The summed E-state index contributed by atoms with van der Waals surface area (Å²) in [6, 6.07) is 0. The molecular formula is C18H34N2. The van der Waals surface area contributed by atoms with E-state index >= 15 is 0 Å². The molecule has 20 heavy (non-hydrogen) atoms. The van der Waals surface area contributed by atoms with Crippen LogP contribution in [0.25, 0.3) is 0 Å². The molecule has 1 fully saturated rings. The Labute approximate surface area is 126 Å². The van der Waals surface area contributed by atoms with Crippen LogP contribution in [0, 0.1) is 5.41 Å². The molecule has 0 aromatic carbocycles. The van der Waals surface area contributed by atoms with Gasteiger partial charge in [-0.2, -0.15) is 0 Å². The van der Waals surface area contributed by atoms with Crippen molar-refractivity contribution in [3.8, 4) is 0 Å². The van der Waals surface area contributed by atoms with Crippen LogP contribution in [-0.2, 0) is 0 Å². The summed E-state index contributed by atoms with van der Waals surface area (Å²) >= 11 is 0. The molecule has 0 N–H and O–H groups in total. The maximum Gasteiger partial charge on any atom is 0.0110 e. The second kappa shape index (κ2) is 7.09. The van der Waals surface area contributed by atoms with Crippen LogP contribution in [0.5, 0.6) is 0 Å². The third-order valence-electron chi connectivity index (χ3n) is 5.37. The molecule has 1 saturated heterocycles. The fraction of sp³-hybridized carbons (Fsp3) is 0.889. The van der Waals surface area contributed by atoms with E-state index < -0.39 is 0 Å². The van der Waals surface area contributed by atoms with Gasteiger partial charge in [-0.3, -0.25) is 0 Å². The molecule has 0 aromatic rings. The zero-order valence-corrected chi connectivity index (χ0v) is 14.2. The molecule has 0 bridgehead atoms. The predicted molar refractivity (Wildman–Crippen MR) is 88.1 cm³/mol. The number of piperazine rings is 1. The average molecular weight is 278 g/mol. The molecule has 0 saturated carbocycles. The highest BCUT2D eigenvalue weighted by Gasteiger charge is 2.28. The van der Waals surface area contributed by atoms with Crippen LogP contribution in [0.2, 0.25) is 0 Å². The molecule has 0 atom stereocenters. The molecule has 0 radical (unpaired) electrons. The second-order valence-electron chi connectivity index (χ2n) is 7.43. The van der Waals surface area contributed by atoms with Crippen LogP contribution in [0.3, 0.4) is 0 Å². The summed E-state index contributed by atoms with van der Waals surface area (Å²) in [6.07, 6.45) is 6.69. The maximum atomic E-state index is 2.68. The van der Waals surface area contributed by atoms with Crippen LogP contribution in [0.4, 0.5) is 0 Å². The van der Waals surface area contributed by atoms with Gasteiger partial charge in [0, 0.05) is 32.7 Å². The molecule has 1 aliphatic carbocycles. The van der Waals surface area contributed by atoms with Gasteiger partial charge in [-0.15, -0.1) is 0 Å². The average Bonchev–Trinajstić information content (AvgIpc) is 2.40. The Morgan fingerprint density at radius 2 is 1.60 bits per heavy atom. The number of rotatable bonds is 5. The fourth-order valence-corrected chi connectivity index (χ4v) is 4.05. The van der Waals surface area contributed by atoms with E-state index in [0.29, 0.717) is 5.41 Å². The standard InChI is InChI=1S/C18H34N2/c1-5-10-19-12-14-20(15-13-19)11-8-17-16(2)7-6-9-18(17,3)4/h5-15H2,1-4H3. The largest absolute Gasteiger partial charge is 0.301 e. The Bertz CT molecular complexity index is 335. The molecule has 1 heterocycles. The summed E-state index contributed by atoms with van der Waals surface area (Å²) in [4.78, 5) is 5.29. The summed E-state index contributed by atoms with van der Waals surface area (Å²) in [7, 11) is 0. The SMILES string of the molecule is CCCN1CCN(CCC2=C(C)CCCC2(C)C)CC1. The molecule has 0 unspecified atom stereocenters. The zero-order chi connectivity index (χ0) is 14.6. The van der Waals surface area contributed by atoms with E-state index in [0.717, 1.165) is 0 Å². The lowest BCUT2D eigenvalue weighted by molar-refractivity contribution is 0.131. The van der Waals surface area contributed by atoms with E-state index in [1.54, 1.807) is 11.1 Å². The van der Waals surface area contributed by atoms with Gasteiger partial charge in [0.1, 0.15) is 0 Å². The minimum absolute atomic E-state index is 0.451. The lowest BCUT2D eigenvalue weighted by Gasteiger charge is -2.38. The summed E-state index contributed by atoms with van der Waals surface area (Å²) < 4.78 is 0. The smallest absolute Gasteiger partial charge is 0.0110 e. The van der Waals surface area contributed by atoms with Gasteiger partial charge >= 0.3 is 0 Å². The van der Waals surface area contributed by atoms with Crippen molar-refractivity contribution in [3.63, 3.8) is 0 Å². The van der Waals surface area contributed by atoms with E-state index in [9.17, 15) is 0 Å². The molecule has 0 amide bonds. The molecule has 2 rings (SSSR count). The van der Waals surface area contributed by atoms with Gasteiger partial charge < -0.3 is 9.80 Å². The highest BCUT2D eigenvalue weighted by Crippen LogP contribution is 2.41. The maximum absolute atomic E-state index is 2.68. The minimum Gasteiger partial charge on any atom is -0.301 e. The van der Waals surface area contributed by atoms with E-state index in [4.69, 9.17) is 0 Å². The normalized spacial score (nSPS) is 25.2.